The van der Waals surface area contributed by atoms with Crippen LogP contribution in [0.25, 0.3) is 16.6 Å². The number of ether oxygens (including phenoxy) is 2. The number of fused-ring (bicyclic) bond motifs is 2. The number of likely N-dealkylation sites (tertiary alicyclic amines) is 3. The first-order valence-corrected chi connectivity index (χ1v) is 28.2. The van der Waals surface area contributed by atoms with Crippen LogP contribution >= 0.6 is 0 Å². The molecule has 8 aromatic rings. The molecular formula is C61H57F9N10O5. The van der Waals surface area contributed by atoms with Crippen molar-refractivity contribution in [2.24, 2.45) is 0 Å². The van der Waals surface area contributed by atoms with Gasteiger partial charge < -0.3 is 28.7 Å². The largest absolute Gasteiger partial charge is 0.469 e. The highest BCUT2D eigenvalue weighted by Gasteiger charge is 2.41. The molecule has 0 aliphatic carbocycles. The average molecular weight is 1180 g/mol. The predicted octanol–water partition coefficient (Wildman–Crippen LogP) is 12.6. The molecule has 0 N–H and O–H groups in total. The Labute approximate surface area is 481 Å². The Balaban J connectivity index is 0.690. The summed E-state index contributed by atoms with van der Waals surface area (Å²) in [6.45, 7) is 4.17. The van der Waals surface area contributed by atoms with Crippen LogP contribution in [0.5, 0.6) is 5.75 Å². The van der Waals surface area contributed by atoms with E-state index in [-0.39, 0.29) is 85.2 Å². The highest BCUT2D eigenvalue weighted by atomic mass is 19.4. The van der Waals surface area contributed by atoms with E-state index in [9.17, 15) is 35.9 Å². The zero-order valence-corrected chi connectivity index (χ0v) is 45.9. The molecule has 0 radical (unpaired) electrons. The number of halogens is 9. The lowest BCUT2D eigenvalue weighted by Gasteiger charge is -2.38. The molecule has 4 aliphatic heterocycles. The van der Waals surface area contributed by atoms with E-state index in [1.165, 1.54) is 41.0 Å². The van der Waals surface area contributed by atoms with Gasteiger partial charge in [-0.05, 0) is 140 Å². The van der Waals surface area contributed by atoms with Crippen LogP contribution in [0.1, 0.15) is 140 Å². The summed E-state index contributed by atoms with van der Waals surface area (Å²) in [7, 11) is 0. The number of aromatic nitrogens is 6. The monoisotopic (exact) mass is 1180 g/mol. The minimum Gasteiger partial charge on any atom is -0.469 e. The average Bonchev–Trinajstić information content (AvgIpc) is 2.94. The number of alkyl halides is 9. The zero-order valence-electron chi connectivity index (χ0n) is 45.9. The molecule has 24 heteroatoms. The maximum atomic E-state index is 15.2. The summed E-state index contributed by atoms with van der Waals surface area (Å²) in [5, 5.41) is 18.0. The summed E-state index contributed by atoms with van der Waals surface area (Å²) in [4.78, 5) is 38.9. The highest BCUT2D eigenvalue weighted by Crippen LogP contribution is 2.44. The van der Waals surface area contributed by atoms with Crippen molar-refractivity contribution in [1.29, 1.82) is 0 Å². The fourth-order valence-electron chi connectivity index (χ4n) is 12.5. The van der Waals surface area contributed by atoms with Crippen LogP contribution in [-0.2, 0) is 23.3 Å². The molecule has 2 unspecified atom stereocenters. The van der Waals surface area contributed by atoms with Gasteiger partial charge in [-0.3, -0.25) is 14.5 Å². The van der Waals surface area contributed by atoms with E-state index in [1.54, 1.807) is 83.5 Å². The van der Waals surface area contributed by atoms with Crippen LogP contribution in [0.2, 0.25) is 0 Å². The van der Waals surface area contributed by atoms with Gasteiger partial charge in [0.2, 0.25) is 5.76 Å². The maximum Gasteiger partial charge on any atom is 0.416 e. The summed E-state index contributed by atoms with van der Waals surface area (Å²) < 4.78 is 148. The molecule has 4 aromatic carbocycles. The van der Waals surface area contributed by atoms with Gasteiger partial charge in [-0.15, -0.1) is 10.2 Å². The van der Waals surface area contributed by atoms with Crippen molar-refractivity contribution in [3.8, 4) is 5.75 Å². The van der Waals surface area contributed by atoms with Crippen molar-refractivity contribution in [3.05, 3.63) is 177 Å². The molecule has 2 amide bonds. The van der Waals surface area contributed by atoms with Crippen molar-refractivity contribution < 1.29 is 63.1 Å². The minimum atomic E-state index is -4.69. The molecule has 444 valence electrons. The van der Waals surface area contributed by atoms with Crippen molar-refractivity contribution in [1.82, 2.24) is 44.7 Å². The highest BCUT2D eigenvalue weighted by molar-refractivity contribution is 6.04. The van der Waals surface area contributed by atoms with Crippen LogP contribution in [0, 0.1) is 6.92 Å². The number of benzene rings is 4. The van der Waals surface area contributed by atoms with Gasteiger partial charge in [0.1, 0.15) is 34.6 Å². The first kappa shape index (κ1) is 57.3. The van der Waals surface area contributed by atoms with E-state index >= 15 is 13.2 Å². The van der Waals surface area contributed by atoms with Gasteiger partial charge in [0, 0.05) is 58.4 Å². The molecule has 0 spiro atoms. The summed E-state index contributed by atoms with van der Waals surface area (Å²) >= 11 is 0. The number of piperidine rings is 3. The van der Waals surface area contributed by atoms with Gasteiger partial charge in [0.25, 0.3) is 11.8 Å². The molecule has 4 aromatic heterocycles. The van der Waals surface area contributed by atoms with Crippen molar-refractivity contribution in [3.63, 3.8) is 0 Å². The minimum absolute atomic E-state index is 0.0133. The van der Waals surface area contributed by atoms with Crippen LogP contribution in [0.4, 0.5) is 45.3 Å². The van der Waals surface area contributed by atoms with Crippen molar-refractivity contribution in [2.75, 3.05) is 63.9 Å². The summed E-state index contributed by atoms with van der Waals surface area (Å²) in [6, 6.07) is 27.3. The topological polar surface area (TPSA) is 148 Å². The van der Waals surface area contributed by atoms with Gasteiger partial charge in [0.05, 0.1) is 40.6 Å². The number of nitrogens with zero attached hydrogens (tertiary/aromatic N) is 10. The van der Waals surface area contributed by atoms with E-state index in [0.717, 1.165) is 12.1 Å². The third-order valence-electron chi connectivity index (χ3n) is 16.9. The van der Waals surface area contributed by atoms with Crippen LogP contribution in [-0.4, -0.2) is 115 Å². The lowest BCUT2D eigenvalue weighted by Crippen LogP contribution is -2.40. The number of carbonyl (C=O) groups excluding carboxylic acids is 2. The normalized spacial score (nSPS) is 18.8. The van der Waals surface area contributed by atoms with E-state index in [4.69, 9.17) is 19.1 Å². The second-order valence-electron chi connectivity index (χ2n) is 22.1. The molecule has 0 saturated carbocycles. The summed E-state index contributed by atoms with van der Waals surface area (Å²) in [6.07, 6.45) is -11.6. The number of morpholine rings is 1. The Bertz CT molecular complexity index is 3730. The molecular weight excluding hydrogens is 1120 g/mol. The van der Waals surface area contributed by atoms with Gasteiger partial charge in [-0.25, -0.2) is 9.50 Å². The Kier molecular flexibility index (Phi) is 15.5. The fraction of sp³-hybridized carbons (Fsp3) is 0.393. The standard InChI is InChI=1S/C61H57F9N10O5/c1-36-10-15-49(73-72-36)58(84-41-12-14-45-50(33-41)75-85-55(45)57(82)77-26-20-38(21-27-77)43-7-3-5-9-47(43)60(65,66)67)78-28-22-39(23-29-78)44-13-11-40(32-48(44)61(68,69)70)52-35-79(30-31-83-52)54-17-16-53-71-51(34-80(53)74-54)56(81)76-24-18-37(19-25-76)42-6-2-4-8-46(42)59(62,63)64/h2-17,32-34,37-39,52,58H,18-31,35H2,1H3. The number of rotatable bonds is 11. The van der Waals surface area contributed by atoms with Crippen LogP contribution < -0.4 is 9.64 Å². The number of amides is 2. The first-order chi connectivity index (χ1) is 40.7. The van der Waals surface area contributed by atoms with Gasteiger partial charge in [-0.1, -0.05) is 53.7 Å². The van der Waals surface area contributed by atoms with Crippen molar-refractivity contribution >= 4 is 34.2 Å². The molecule has 4 fully saturated rings. The SMILES string of the molecule is Cc1ccc(C(Oc2ccc3c(C(=O)N4CCC(c5ccccc5C(F)(F)F)CC4)onc3c2)N2CCC(c3ccc(C4CN(c5ccc6nc(C(=O)N7CCC(c8ccccc8C(F)(F)F)CC7)cn6n5)CCO4)cc3C(F)(F)F)CC2)nn1. The van der Waals surface area contributed by atoms with Crippen molar-refractivity contribution in [2.45, 2.75) is 94.1 Å². The second kappa shape index (κ2) is 23.0. The Hall–Kier alpha value is -8.12. The molecule has 4 saturated heterocycles. The smallest absolute Gasteiger partial charge is 0.416 e. The predicted molar refractivity (Wildman–Crippen MR) is 292 cm³/mol. The number of hydrogen-bond donors (Lipinski definition) is 0. The van der Waals surface area contributed by atoms with E-state index in [1.807, 2.05) is 9.80 Å². The van der Waals surface area contributed by atoms with E-state index < -0.39 is 59.4 Å². The van der Waals surface area contributed by atoms with E-state index in [2.05, 4.69) is 20.3 Å². The number of carbonyl (C=O) groups is 2. The van der Waals surface area contributed by atoms with E-state index in [0.29, 0.717) is 103 Å². The second-order valence-corrected chi connectivity index (χ2v) is 22.1. The molecule has 12 rings (SSSR count). The number of hydrogen-bond acceptors (Lipinski definition) is 12. The number of aryl methyl sites for hydroxylation is 1. The Morgan fingerprint density at radius 2 is 1.22 bits per heavy atom. The maximum absolute atomic E-state index is 15.2. The molecule has 0 bridgehead atoms. The number of imidazole rings is 1. The Morgan fingerprint density at radius 3 is 1.84 bits per heavy atom. The lowest BCUT2D eigenvalue weighted by atomic mass is 9.85. The molecule has 15 nitrogen and oxygen atoms in total. The zero-order chi connectivity index (χ0) is 59.4. The van der Waals surface area contributed by atoms with Crippen LogP contribution in [0.15, 0.2) is 120 Å². The third kappa shape index (κ3) is 12.0. The summed E-state index contributed by atoms with van der Waals surface area (Å²) in [5.74, 6) is -1.17. The third-order valence-corrected chi connectivity index (χ3v) is 16.9. The quantitative estimate of drug-likeness (QED) is 0.114. The Morgan fingerprint density at radius 1 is 0.624 bits per heavy atom. The lowest BCUT2D eigenvalue weighted by molar-refractivity contribution is -0.139. The van der Waals surface area contributed by atoms with Gasteiger partial charge >= 0.3 is 18.5 Å². The number of anilines is 1. The molecule has 85 heavy (non-hydrogen) atoms. The summed E-state index contributed by atoms with van der Waals surface area (Å²) in [5.41, 5.74) is 0.838. The van der Waals surface area contributed by atoms with Gasteiger partial charge in [0.15, 0.2) is 11.9 Å². The molecule has 8 heterocycles. The molecule has 4 aliphatic rings. The fourth-order valence-corrected chi connectivity index (χ4v) is 12.5. The first-order valence-electron chi connectivity index (χ1n) is 28.2. The van der Waals surface area contributed by atoms with Crippen LogP contribution in [0.3, 0.4) is 0 Å². The van der Waals surface area contributed by atoms with Gasteiger partial charge in [-0.2, -0.15) is 44.6 Å². The molecule has 2 atom stereocenters.